The van der Waals surface area contributed by atoms with Crippen molar-refractivity contribution in [2.45, 2.75) is 37.1 Å². The van der Waals surface area contributed by atoms with Crippen molar-refractivity contribution in [3.8, 4) is 29.0 Å². The lowest BCUT2D eigenvalue weighted by Gasteiger charge is -2.16. The van der Waals surface area contributed by atoms with Crippen LogP contribution in [-0.4, -0.2) is 11.3 Å². The third-order valence-electron chi connectivity index (χ3n) is 4.60. The number of pyridine rings is 1. The van der Waals surface area contributed by atoms with Crippen LogP contribution in [0.25, 0.3) is 11.1 Å². The highest BCUT2D eigenvalue weighted by Gasteiger charge is 2.31. The van der Waals surface area contributed by atoms with Gasteiger partial charge in [0.25, 0.3) is 0 Å². The number of nitrogen functional groups attached to an aromatic ring is 1. The second-order valence-corrected chi connectivity index (χ2v) is 8.05. The molecule has 0 aliphatic heterocycles. The van der Waals surface area contributed by atoms with E-state index < -0.39 is 12.1 Å². The van der Waals surface area contributed by atoms with Crippen molar-refractivity contribution >= 4 is 17.6 Å². The van der Waals surface area contributed by atoms with E-state index >= 15 is 0 Å². The predicted octanol–water partition coefficient (Wildman–Crippen LogP) is 6.05. The van der Waals surface area contributed by atoms with Crippen LogP contribution in [0.5, 0.6) is 5.75 Å². The van der Waals surface area contributed by atoms with Gasteiger partial charge in [0.15, 0.2) is 0 Å². The van der Waals surface area contributed by atoms with Crippen molar-refractivity contribution in [1.82, 2.24) is 4.98 Å². The molecule has 0 spiro atoms. The van der Waals surface area contributed by atoms with Crippen LogP contribution in [0.3, 0.4) is 0 Å². The van der Waals surface area contributed by atoms with Gasteiger partial charge in [-0.1, -0.05) is 41.6 Å². The minimum atomic E-state index is -4.83. The molecule has 0 amide bonds. The average Bonchev–Trinajstić information content (AvgIpc) is 2.69. The Bertz CT molecular complexity index is 1250. The molecular weight excluding hydrogens is 437 g/mol. The van der Waals surface area contributed by atoms with Crippen LogP contribution >= 0.6 is 11.8 Å². The van der Waals surface area contributed by atoms with E-state index in [0.29, 0.717) is 10.6 Å². The van der Waals surface area contributed by atoms with E-state index in [-0.39, 0.29) is 22.5 Å². The number of nitriles is 2. The van der Waals surface area contributed by atoms with Crippen molar-refractivity contribution < 1.29 is 17.9 Å². The molecule has 0 radical (unpaired) electrons. The Morgan fingerprint density at radius 2 is 1.53 bits per heavy atom. The molecule has 162 valence electrons. The summed E-state index contributed by atoms with van der Waals surface area (Å²) in [4.78, 5) is 5.20. The lowest BCUT2D eigenvalue weighted by molar-refractivity contribution is -0.274. The highest BCUT2D eigenvalue weighted by atomic mass is 32.2. The lowest BCUT2D eigenvalue weighted by atomic mass is 9.97. The number of ether oxygens (including phenoxy) is 1. The van der Waals surface area contributed by atoms with E-state index in [4.69, 9.17) is 5.73 Å². The monoisotopic (exact) mass is 454 g/mol. The summed E-state index contributed by atoms with van der Waals surface area (Å²) >= 11 is 1.26. The zero-order chi connectivity index (χ0) is 23.6. The second-order valence-electron chi connectivity index (χ2n) is 7.05. The standard InChI is InChI=1S/C23H17F3N4OS/c1-12-8-13(2)20(14(3)9-12)32-22-18(11-28)19(17(10-27)21(29)30-22)15-4-6-16(7-5-15)31-23(24,25)26/h4-9H,1-3H3,(H2,29,30). The third-order valence-corrected chi connectivity index (χ3v) is 5.93. The zero-order valence-electron chi connectivity index (χ0n) is 17.3. The molecule has 0 aliphatic carbocycles. The zero-order valence-corrected chi connectivity index (χ0v) is 18.1. The number of anilines is 1. The molecule has 0 aliphatic rings. The van der Waals surface area contributed by atoms with Crippen LogP contribution in [-0.2, 0) is 0 Å². The highest BCUT2D eigenvalue weighted by molar-refractivity contribution is 7.99. The van der Waals surface area contributed by atoms with Gasteiger partial charge in [-0.05, 0) is 49.6 Å². The predicted molar refractivity (Wildman–Crippen MR) is 115 cm³/mol. The van der Waals surface area contributed by atoms with Crippen LogP contribution in [0.1, 0.15) is 27.8 Å². The van der Waals surface area contributed by atoms with Crippen molar-refractivity contribution in [1.29, 1.82) is 10.5 Å². The molecule has 2 N–H and O–H groups in total. The number of halogens is 3. The lowest BCUT2D eigenvalue weighted by Crippen LogP contribution is -2.16. The number of hydrogen-bond acceptors (Lipinski definition) is 6. The number of nitrogens with two attached hydrogens (primary N) is 1. The van der Waals surface area contributed by atoms with Gasteiger partial charge in [0.2, 0.25) is 0 Å². The molecule has 3 rings (SSSR count). The highest BCUT2D eigenvalue weighted by Crippen LogP contribution is 2.40. The summed E-state index contributed by atoms with van der Waals surface area (Å²) in [6.07, 6.45) is -4.83. The van der Waals surface area contributed by atoms with Crippen LogP contribution in [0.15, 0.2) is 46.3 Å². The maximum Gasteiger partial charge on any atom is 0.573 e. The Labute approximate surface area is 187 Å². The van der Waals surface area contributed by atoms with Gasteiger partial charge in [-0.25, -0.2) is 4.98 Å². The van der Waals surface area contributed by atoms with Gasteiger partial charge < -0.3 is 10.5 Å². The molecule has 32 heavy (non-hydrogen) atoms. The Hall–Kier alpha value is -3.69. The van der Waals surface area contributed by atoms with E-state index in [1.807, 2.05) is 39.0 Å². The molecule has 3 aromatic rings. The molecule has 1 aromatic heterocycles. The van der Waals surface area contributed by atoms with Gasteiger partial charge in [-0.15, -0.1) is 13.2 Å². The van der Waals surface area contributed by atoms with Crippen molar-refractivity contribution in [2.75, 3.05) is 5.73 Å². The topological polar surface area (TPSA) is 95.7 Å². The van der Waals surface area contributed by atoms with E-state index in [0.717, 1.165) is 33.7 Å². The SMILES string of the molecule is Cc1cc(C)c(Sc2nc(N)c(C#N)c(-c3ccc(OC(F)(F)F)cc3)c2C#N)c(C)c1. The van der Waals surface area contributed by atoms with Crippen LogP contribution in [0.2, 0.25) is 0 Å². The van der Waals surface area contributed by atoms with Gasteiger partial charge in [-0.2, -0.15) is 10.5 Å². The fraction of sp³-hybridized carbons (Fsp3) is 0.174. The molecule has 0 bridgehead atoms. The second kappa shape index (κ2) is 8.81. The maximum atomic E-state index is 12.5. The maximum absolute atomic E-state index is 12.5. The summed E-state index contributed by atoms with van der Waals surface area (Å²) in [7, 11) is 0. The van der Waals surface area contributed by atoms with Crippen LogP contribution in [0, 0.1) is 43.4 Å². The largest absolute Gasteiger partial charge is 0.573 e. The van der Waals surface area contributed by atoms with Gasteiger partial charge >= 0.3 is 6.36 Å². The number of alkyl halides is 3. The van der Waals surface area contributed by atoms with Crippen LogP contribution < -0.4 is 10.5 Å². The average molecular weight is 454 g/mol. The number of hydrogen-bond donors (Lipinski definition) is 1. The van der Waals surface area contributed by atoms with E-state index in [1.165, 1.54) is 23.9 Å². The smallest absolute Gasteiger partial charge is 0.406 e. The molecule has 0 fully saturated rings. The molecule has 5 nitrogen and oxygen atoms in total. The number of aromatic nitrogens is 1. The molecule has 9 heteroatoms. The first kappa shape index (κ1) is 23.0. The minimum absolute atomic E-state index is 0.0206. The first-order valence-corrected chi connectivity index (χ1v) is 10.1. The molecular formula is C23H17F3N4OS. The van der Waals surface area contributed by atoms with Gasteiger partial charge in [0, 0.05) is 10.5 Å². The summed E-state index contributed by atoms with van der Waals surface area (Å²) in [5, 5.41) is 19.9. The Morgan fingerprint density at radius 3 is 2.03 bits per heavy atom. The Balaban J connectivity index is 2.16. The van der Waals surface area contributed by atoms with Gasteiger partial charge in [0.05, 0.1) is 5.56 Å². The third kappa shape index (κ3) is 4.79. The van der Waals surface area contributed by atoms with Crippen molar-refractivity contribution in [3.63, 3.8) is 0 Å². The molecule has 2 aromatic carbocycles. The Morgan fingerprint density at radius 1 is 0.969 bits per heavy atom. The van der Waals surface area contributed by atoms with E-state index in [1.54, 1.807) is 0 Å². The van der Waals surface area contributed by atoms with Gasteiger partial charge in [0.1, 0.15) is 34.3 Å². The first-order valence-electron chi connectivity index (χ1n) is 9.29. The molecule has 0 atom stereocenters. The summed E-state index contributed by atoms with van der Waals surface area (Å²) in [6.45, 7) is 5.88. The van der Waals surface area contributed by atoms with Crippen LogP contribution in [0.4, 0.5) is 19.0 Å². The number of aryl methyl sites for hydroxylation is 3. The van der Waals surface area contributed by atoms with E-state index in [9.17, 15) is 23.7 Å². The normalized spacial score (nSPS) is 11.0. The summed E-state index contributed by atoms with van der Waals surface area (Å²) in [6, 6.07) is 13.0. The van der Waals surface area contributed by atoms with Crippen molar-refractivity contribution in [2.24, 2.45) is 0 Å². The quantitative estimate of drug-likeness (QED) is 0.516. The fourth-order valence-electron chi connectivity index (χ4n) is 3.41. The number of rotatable bonds is 4. The summed E-state index contributed by atoms with van der Waals surface area (Å²) < 4.78 is 41.3. The Kier molecular flexibility index (Phi) is 6.33. The minimum Gasteiger partial charge on any atom is -0.406 e. The molecule has 0 unspecified atom stereocenters. The summed E-state index contributed by atoms with van der Waals surface area (Å²) in [5.74, 6) is -0.483. The number of benzene rings is 2. The molecule has 0 saturated heterocycles. The number of nitrogens with zero attached hydrogens (tertiary/aromatic N) is 3. The first-order chi connectivity index (χ1) is 15.0. The summed E-state index contributed by atoms with van der Waals surface area (Å²) in [5.41, 5.74) is 9.78. The molecule has 1 heterocycles. The van der Waals surface area contributed by atoms with Crippen molar-refractivity contribution in [3.05, 3.63) is 64.2 Å². The van der Waals surface area contributed by atoms with E-state index in [2.05, 4.69) is 15.8 Å². The molecule has 0 saturated carbocycles. The van der Waals surface area contributed by atoms with Gasteiger partial charge in [-0.3, -0.25) is 0 Å². The fourth-order valence-corrected chi connectivity index (χ4v) is 4.44.